The molecule has 1 aromatic carbocycles. The number of methoxy groups -OCH3 is 1. The molecule has 0 spiro atoms. The van der Waals surface area contributed by atoms with Crippen molar-refractivity contribution in [3.8, 4) is 5.06 Å². The molecule has 1 aliphatic rings. The summed E-state index contributed by atoms with van der Waals surface area (Å²) in [5.74, 6) is 1.38. The maximum Gasteiger partial charge on any atom is 0.323 e. The Morgan fingerprint density at radius 3 is 2.88 bits per heavy atom. The zero-order chi connectivity index (χ0) is 17.2. The van der Waals surface area contributed by atoms with E-state index in [-0.39, 0.29) is 6.03 Å². The molecular weight excluding hydrogens is 338 g/mol. The number of H-pyrrole nitrogens is 1. The monoisotopic (exact) mass is 357 g/mol. The van der Waals surface area contributed by atoms with Crippen molar-refractivity contribution in [2.24, 2.45) is 0 Å². The summed E-state index contributed by atoms with van der Waals surface area (Å²) in [5.41, 5.74) is 2.06. The van der Waals surface area contributed by atoms with Crippen molar-refractivity contribution in [3.05, 3.63) is 36.3 Å². The number of imidazole rings is 1. The Morgan fingerprint density at radius 2 is 2.16 bits per heavy atom. The van der Waals surface area contributed by atoms with Gasteiger partial charge in [0, 0.05) is 19.0 Å². The fourth-order valence-corrected chi connectivity index (χ4v) is 3.73. The molecule has 7 nitrogen and oxygen atoms in total. The van der Waals surface area contributed by atoms with Crippen LogP contribution in [-0.4, -0.2) is 46.1 Å². The highest BCUT2D eigenvalue weighted by atomic mass is 32.1. The number of nitrogens with one attached hydrogen (secondary N) is 2. The van der Waals surface area contributed by atoms with E-state index in [4.69, 9.17) is 4.74 Å². The highest BCUT2D eigenvalue weighted by Gasteiger charge is 2.26. The number of urea groups is 1. The molecule has 1 saturated heterocycles. The Labute approximate surface area is 149 Å². The lowest BCUT2D eigenvalue weighted by Gasteiger charge is -2.30. The second kappa shape index (κ2) is 6.72. The van der Waals surface area contributed by atoms with Crippen molar-refractivity contribution in [1.82, 2.24) is 19.9 Å². The zero-order valence-electron chi connectivity index (χ0n) is 13.9. The first-order chi connectivity index (χ1) is 12.2. The first kappa shape index (κ1) is 15.9. The molecule has 2 N–H and O–H groups in total. The Kier molecular flexibility index (Phi) is 4.27. The van der Waals surface area contributed by atoms with Crippen LogP contribution in [0.5, 0.6) is 5.06 Å². The maximum absolute atomic E-state index is 12.4. The van der Waals surface area contributed by atoms with Gasteiger partial charge in [-0.3, -0.25) is 5.32 Å². The summed E-state index contributed by atoms with van der Waals surface area (Å²) in [7, 11) is 1.59. The number of hydrogen-bond acceptors (Lipinski definition) is 5. The Bertz CT molecular complexity index is 849. The first-order valence-electron chi connectivity index (χ1n) is 8.23. The van der Waals surface area contributed by atoms with Crippen LogP contribution >= 0.6 is 11.3 Å². The van der Waals surface area contributed by atoms with Crippen LogP contribution in [0.15, 0.2) is 30.5 Å². The van der Waals surface area contributed by atoms with Gasteiger partial charge in [-0.25, -0.2) is 14.8 Å². The molecule has 3 aromatic rings. The Morgan fingerprint density at radius 1 is 1.36 bits per heavy atom. The number of aromatic nitrogens is 3. The van der Waals surface area contributed by atoms with E-state index in [9.17, 15) is 4.79 Å². The van der Waals surface area contributed by atoms with E-state index in [0.717, 1.165) is 29.7 Å². The number of carbonyl (C=O) groups is 1. The van der Waals surface area contributed by atoms with Crippen molar-refractivity contribution >= 4 is 33.5 Å². The smallest absolute Gasteiger partial charge is 0.323 e. The fourth-order valence-electron chi connectivity index (χ4n) is 3.10. The van der Waals surface area contributed by atoms with Crippen LogP contribution in [0.4, 0.5) is 9.93 Å². The third kappa shape index (κ3) is 3.30. The lowest BCUT2D eigenvalue weighted by molar-refractivity contribution is 0.193. The zero-order valence-corrected chi connectivity index (χ0v) is 14.7. The molecule has 0 aliphatic carbocycles. The number of anilines is 1. The van der Waals surface area contributed by atoms with Crippen LogP contribution in [0.3, 0.4) is 0 Å². The number of carbonyl (C=O) groups excluding carboxylic acids is 1. The molecular formula is C17H19N5O2S. The van der Waals surface area contributed by atoms with Gasteiger partial charge in [0.25, 0.3) is 0 Å². The second-order valence-corrected chi connectivity index (χ2v) is 7.01. The number of piperidine rings is 1. The van der Waals surface area contributed by atoms with Crippen LogP contribution in [-0.2, 0) is 0 Å². The molecule has 2 amide bonds. The summed E-state index contributed by atoms with van der Waals surface area (Å²) in [5, 5.41) is 4.07. The van der Waals surface area contributed by atoms with Gasteiger partial charge >= 0.3 is 6.03 Å². The van der Waals surface area contributed by atoms with Crippen molar-refractivity contribution in [2.75, 3.05) is 25.5 Å². The molecule has 1 fully saturated rings. The van der Waals surface area contributed by atoms with E-state index < -0.39 is 0 Å². The van der Waals surface area contributed by atoms with Crippen molar-refractivity contribution in [3.63, 3.8) is 0 Å². The Balaban J connectivity index is 1.36. The third-order valence-corrected chi connectivity index (χ3v) is 5.35. The van der Waals surface area contributed by atoms with Gasteiger partial charge in [-0.1, -0.05) is 23.5 Å². The van der Waals surface area contributed by atoms with Crippen molar-refractivity contribution in [1.29, 1.82) is 0 Å². The van der Waals surface area contributed by atoms with Gasteiger partial charge in [0.1, 0.15) is 5.82 Å². The number of ether oxygens (including phenoxy) is 1. The quantitative estimate of drug-likeness (QED) is 0.752. The molecule has 2 aromatic heterocycles. The van der Waals surface area contributed by atoms with Crippen LogP contribution in [0.2, 0.25) is 0 Å². The Hall–Kier alpha value is -2.61. The molecule has 0 atom stereocenters. The summed E-state index contributed by atoms with van der Waals surface area (Å²) in [6.07, 6.45) is 3.40. The van der Waals surface area contributed by atoms with Gasteiger partial charge in [-0.2, -0.15) is 0 Å². The highest BCUT2D eigenvalue weighted by molar-refractivity contribution is 7.17. The number of likely N-dealkylation sites (tertiary alicyclic amines) is 1. The van der Waals surface area contributed by atoms with Gasteiger partial charge < -0.3 is 14.6 Å². The number of para-hydroxylation sites is 2. The number of fused-ring (bicyclic) bond motifs is 1. The average Bonchev–Trinajstić information content (AvgIpc) is 3.28. The van der Waals surface area contributed by atoms with Crippen molar-refractivity contribution < 1.29 is 9.53 Å². The van der Waals surface area contributed by atoms with Gasteiger partial charge in [0.2, 0.25) is 0 Å². The van der Waals surface area contributed by atoms with Crippen LogP contribution < -0.4 is 10.1 Å². The van der Waals surface area contributed by atoms with Gasteiger partial charge in [-0.15, -0.1) is 0 Å². The van der Waals surface area contributed by atoms with E-state index in [1.807, 2.05) is 29.2 Å². The fraction of sp³-hybridized carbons (Fsp3) is 0.353. The molecule has 4 rings (SSSR count). The average molecular weight is 357 g/mol. The largest absolute Gasteiger partial charge is 0.486 e. The second-order valence-electron chi connectivity index (χ2n) is 6.02. The molecule has 1 aliphatic heterocycles. The van der Waals surface area contributed by atoms with Crippen LogP contribution in [0.1, 0.15) is 24.6 Å². The first-order valence-corrected chi connectivity index (χ1v) is 9.05. The van der Waals surface area contributed by atoms with Crippen LogP contribution in [0, 0.1) is 0 Å². The van der Waals surface area contributed by atoms with Gasteiger partial charge in [0.05, 0.1) is 24.3 Å². The number of rotatable bonds is 3. The summed E-state index contributed by atoms with van der Waals surface area (Å²) in [6, 6.07) is 7.94. The van der Waals surface area contributed by atoms with E-state index >= 15 is 0 Å². The normalized spacial score (nSPS) is 15.5. The molecule has 0 unspecified atom stereocenters. The molecule has 8 heteroatoms. The number of hydrogen-bond donors (Lipinski definition) is 2. The minimum absolute atomic E-state index is 0.111. The summed E-state index contributed by atoms with van der Waals surface area (Å²) < 4.78 is 5.09. The van der Waals surface area contributed by atoms with E-state index in [2.05, 4.69) is 20.3 Å². The predicted octanol–water partition coefficient (Wildman–Crippen LogP) is 3.44. The standard InChI is InChI=1S/C17H19N5O2S/c1-24-14-10-18-16(25-14)21-17(23)22-8-6-11(7-9-22)15-19-12-4-2-3-5-13(12)20-15/h2-5,10-11H,6-9H2,1H3,(H,19,20)(H,18,21,23). The molecule has 130 valence electrons. The van der Waals surface area contributed by atoms with Gasteiger partial charge in [0.15, 0.2) is 10.2 Å². The van der Waals surface area contributed by atoms with E-state index in [0.29, 0.717) is 29.2 Å². The molecule has 3 heterocycles. The minimum atomic E-state index is -0.111. The molecule has 0 bridgehead atoms. The number of amides is 2. The van der Waals surface area contributed by atoms with Crippen molar-refractivity contribution in [2.45, 2.75) is 18.8 Å². The van der Waals surface area contributed by atoms with E-state index in [1.165, 1.54) is 11.3 Å². The predicted molar refractivity (Wildman–Crippen MR) is 97.3 cm³/mol. The lowest BCUT2D eigenvalue weighted by atomic mass is 9.96. The SMILES string of the molecule is COc1cnc(NC(=O)N2CCC(c3nc4ccccc4[nH]3)CC2)s1. The maximum atomic E-state index is 12.4. The molecule has 0 radical (unpaired) electrons. The number of nitrogens with zero attached hydrogens (tertiary/aromatic N) is 3. The van der Waals surface area contributed by atoms with E-state index in [1.54, 1.807) is 13.3 Å². The number of aromatic amines is 1. The summed E-state index contributed by atoms with van der Waals surface area (Å²) in [6.45, 7) is 1.41. The molecule has 25 heavy (non-hydrogen) atoms. The van der Waals surface area contributed by atoms with Crippen LogP contribution in [0.25, 0.3) is 11.0 Å². The molecule has 0 saturated carbocycles. The lowest BCUT2D eigenvalue weighted by Crippen LogP contribution is -2.40. The third-order valence-electron chi connectivity index (χ3n) is 4.48. The summed E-state index contributed by atoms with van der Waals surface area (Å²) >= 11 is 1.32. The number of thiazole rings is 1. The minimum Gasteiger partial charge on any atom is -0.486 e. The summed E-state index contributed by atoms with van der Waals surface area (Å²) in [4.78, 5) is 26.4. The highest BCUT2D eigenvalue weighted by Crippen LogP contribution is 2.29. The number of benzene rings is 1. The topological polar surface area (TPSA) is 83.1 Å². The van der Waals surface area contributed by atoms with Gasteiger partial charge in [-0.05, 0) is 25.0 Å².